The zero-order valence-electron chi connectivity index (χ0n) is 45.4. The Balaban J connectivity index is -0.0000000234. The predicted octanol–water partition coefficient (Wildman–Crippen LogP) is 21.9. The smallest absolute Gasteiger partial charge is 0.0654 e. The average Bonchev–Trinajstić information content (AvgIpc) is 3.24. The van der Waals surface area contributed by atoms with Gasteiger partial charge in [-0.05, 0) is 0 Å². The standard InChI is InChI=1S/13C4H10.BH3.K/c13*1-3-4-2;;/h13*3-4H2,1-2H3;1H3;. The Morgan fingerprint density at radius 3 is 0.130 bits per heavy atom. The molecule has 0 aromatic heterocycles. The maximum atomic E-state index is 2.18. The molecule has 0 rings (SSSR count). The van der Waals surface area contributed by atoms with E-state index in [1.807, 2.05) is 0 Å². The summed E-state index contributed by atoms with van der Waals surface area (Å²) >= 11 is 0. The van der Waals surface area contributed by atoms with Crippen molar-refractivity contribution in [2.45, 2.75) is 347 Å². The number of hydrogen-bond donors (Lipinski definition) is 0. The van der Waals surface area contributed by atoms with E-state index in [1.54, 1.807) is 0 Å². The van der Waals surface area contributed by atoms with Crippen molar-refractivity contribution in [2.75, 3.05) is 0 Å². The summed E-state index contributed by atoms with van der Waals surface area (Å²) in [7, 11) is 0. The molecule has 0 atom stereocenters. The molecule has 2 heteroatoms. The van der Waals surface area contributed by atoms with Crippen LogP contribution >= 0.6 is 0 Å². The van der Waals surface area contributed by atoms with Crippen LogP contribution in [0.4, 0.5) is 0 Å². The van der Waals surface area contributed by atoms with Gasteiger partial charge in [-0.1, -0.05) is 347 Å². The molecule has 345 valence electrons. The molecule has 0 aliphatic rings. The van der Waals surface area contributed by atoms with Crippen molar-refractivity contribution >= 4 is 59.8 Å². The van der Waals surface area contributed by atoms with E-state index in [4.69, 9.17) is 0 Å². The molecule has 0 heterocycles. The molecule has 0 bridgehead atoms. The molecule has 0 nitrogen and oxygen atoms in total. The molecule has 0 aromatic carbocycles. The minimum Gasteiger partial charge on any atom is -0.0654 e. The van der Waals surface area contributed by atoms with Crippen LogP contribution in [0.15, 0.2) is 0 Å². The summed E-state index contributed by atoms with van der Waals surface area (Å²) < 4.78 is 0. The first-order valence-electron chi connectivity index (χ1n) is 24.9. The summed E-state index contributed by atoms with van der Waals surface area (Å²) in [6, 6.07) is 0. The van der Waals surface area contributed by atoms with Crippen LogP contribution in [0.1, 0.15) is 347 Å². The van der Waals surface area contributed by atoms with Crippen LogP contribution < -0.4 is 0 Å². The quantitative estimate of drug-likeness (QED) is 0.163. The number of rotatable bonds is 13. The van der Waals surface area contributed by atoms with Gasteiger partial charge < -0.3 is 0 Å². The molecule has 0 aromatic rings. The Hall–Kier alpha value is 1.70. The van der Waals surface area contributed by atoms with Crippen LogP contribution in [-0.2, 0) is 0 Å². The first kappa shape index (κ1) is 101. The van der Waals surface area contributed by atoms with E-state index in [9.17, 15) is 0 Å². The van der Waals surface area contributed by atoms with Crippen molar-refractivity contribution in [3.63, 3.8) is 0 Å². The second-order valence-electron chi connectivity index (χ2n) is 13.0. The summed E-state index contributed by atoms with van der Waals surface area (Å²) in [4.78, 5) is 0. The van der Waals surface area contributed by atoms with E-state index < -0.39 is 0 Å². The fraction of sp³-hybridized carbons (Fsp3) is 1.00. The monoisotopic (exact) mass is 808 g/mol. The van der Waals surface area contributed by atoms with Crippen molar-refractivity contribution in [3.05, 3.63) is 0 Å². The molecule has 0 saturated carbocycles. The largest absolute Gasteiger partial charge is 0.0814 e. The Kier molecular flexibility index (Phi) is 383. The van der Waals surface area contributed by atoms with Gasteiger partial charge >= 0.3 is 0 Å². The third kappa shape index (κ3) is 690. The molecule has 0 spiro atoms. The molecule has 54 heavy (non-hydrogen) atoms. The maximum Gasteiger partial charge on any atom is 0.0814 e. The van der Waals surface area contributed by atoms with Crippen molar-refractivity contribution in [2.24, 2.45) is 0 Å². The summed E-state index contributed by atoms with van der Waals surface area (Å²) in [5, 5.41) is 0. The van der Waals surface area contributed by atoms with Gasteiger partial charge in [0.15, 0.2) is 0 Å². The average molecular weight is 809 g/mol. The van der Waals surface area contributed by atoms with Crippen LogP contribution in [0.25, 0.3) is 0 Å². The molecule has 0 unspecified atom stereocenters. The maximum absolute atomic E-state index is 2.18. The van der Waals surface area contributed by atoms with Crippen LogP contribution in [-0.4, -0.2) is 59.8 Å². The van der Waals surface area contributed by atoms with Crippen molar-refractivity contribution < 1.29 is 0 Å². The van der Waals surface area contributed by atoms with Crippen molar-refractivity contribution in [1.82, 2.24) is 0 Å². The first-order valence-corrected chi connectivity index (χ1v) is 24.9. The molecule has 0 aliphatic heterocycles. The van der Waals surface area contributed by atoms with E-state index in [1.165, 1.54) is 167 Å². The van der Waals surface area contributed by atoms with Crippen molar-refractivity contribution in [3.8, 4) is 0 Å². The Bertz CT molecular complexity index is 137. The van der Waals surface area contributed by atoms with Gasteiger partial charge in [-0.15, -0.1) is 0 Å². The van der Waals surface area contributed by atoms with E-state index in [0.717, 1.165) is 0 Å². The van der Waals surface area contributed by atoms with Crippen LogP contribution in [0.5, 0.6) is 0 Å². The van der Waals surface area contributed by atoms with Gasteiger partial charge in [0.1, 0.15) is 0 Å². The molecule has 0 fully saturated rings. The second-order valence-corrected chi connectivity index (χ2v) is 13.0. The number of hydrogen-bond acceptors (Lipinski definition) is 0. The molecule has 1 radical (unpaired) electrons. The SMILES string of the molecule is B.CCCC.CCCC.CCCC.CCCC.CCCC.CCCC.CCCC.CCCC.CCCC.CCCC.CCCC.CCCC.CCCC.[K]. The molecular formula is C52H133BK. The minimum absolute atomic E-state index is 0. The van der Waals surface area contributed by atoms with Gasteiger partial charge in [-0.3, -0.25) is 0 Å². The zero-order chi connectivity index (χ0) is 44.4. The molecule has 0 aliphatic carbocycles. The molecule has 0 amide bonds. The van der Waals surface area contributed by atoms with Gasteiger partial charge in [0.05, 0.1) is 8.41 Å². The third-order valence-electron chi connectivity index (χ3n) is 6.50. The van der Waals surface area contributed by atoms with Gasteiger partial charge in [-0.25, -0.2) is 0 Å². The van der Waals surface area contributed by atoms with Gasteiger partial charge in [0.25, 0.3) is 0 Å². The number of unbranched alkanes of at least 4 members (excludes halogenated alkanes) is 13. The molecule has 0 N–H and O–H groups in total. The fourth-order valence-electron chi connectivity index (χ4n) is 0. The van der Waals surface area contributed by atoms with E-state index in [2.05, 4.69) is 180 Å². The zero-order valence-corrected chi connectivity index (χ0v) is 48.5. The van der Waals surface area contributed by atoms with Gasteiger partial charge in [0, 0.05) is 51.4 Å². The van der Waals surface area contributed by atoms with Crippen LogP contribution in [0, 0.1) is 0 Å². The van der Waals surface area contributed by atoms with Gasteiger partial charge in [0.2, 0.25) is 0 Å². The predicted molar refractivity (Wildman–Crippen MR) is 283 cm³/mol. The van der Waals surface area contributed by atoms with Gasteiger partial charge in [-0.2, -0.15) is 0 Å². The summed E-state index contributed by atoms with van der Waals surface area (Å²) in [5.41, 5.74) is 0. The van der Waals surface area contributed by atoms with E-state index in [-0.39, 0.29) is 59.8 Å². The summed E-state index contributed by atoms with van der Waals surface area (Å²) in [5.74, 6) is 0. The topological polar surface area (TPSA) is 0 Å². The normalized spacial score (nSPS) is 7.22. The Morgan fingerprint density at radius 1 is 0.111 bits per heavy atom. The van der Waals surface area contributed by atoms with Crippen LogP contribution in [0.2, 0.25) is 0 Å². The molecule has 0 saturated heterocycles. The molecular weight excluding hydrogens is 674 g/mol. The Labute approximate surface area is 403 Å². The van der Waals surface area contributed by atoms with Crippen molar-refractivity contribution in [1.29, 1.82) is 0 Å². The van der Waals surface area contributed by atoms with E-state index >= 15 is 0 Å². The van der Waals surface area contributed by atoms with E-state index in [0.29, 0.717) is 0 Å². The summed E-state index contributed by atoms with van der Waals surface area (Å²) in [6.07, 6.45) is 34.3. The minimum atomic E-state index is 0. The summed E-state index contributed by atoms with van der Waals surface area (Å²) in [6.45, 7) is 56.7. The van der Waals surface area contributed by atoms with Crippen LogP contribution in [0.3, 0.4) is 0 Å². The fourth-order valence-corrected chi connectivity index (χ4v) is 0. The Morgan fingerprint density at radius 2 is 0.130 bits per heavy atom. The third-order valence-corrected chi connectivity index (χ3v) is 6.50. The first-order chi connectivity index (χ1) is 24.9. The second kappa shape index (κ2) is 206.